The Balaban J connectivity index is -0.000000191. The van der Waals surface area contributed by atoms with Crippen molar-refractivity contribution in [3.8, 4) is 5.75 Å². The first-order chi connectivity index (χ1) is 22.8. The molecule has 2 aliphatic rings. The van der Waals surface area contributed by atoms with Gasteiger partial charge in [-0.25, -0.2) is 0 Å². The van der Waals surface area contributed by atoms with Gasteiger partial charge in [0.05, 0.1) is 35.3 Å². The van der Waals surface area contributed by atoms with E-state index >= 15 is 0 Å². The molecule has 22 heteroatoms. The fraction of sp³-hybridized carbons (Fsp3) is 0.226. The zero-order chi connectivity index (χ0) is 38.3. The first-order valence-electron chi connectivity index (χ1n) is 13.7. The van der Waals surface area contributed by atoms with Gasteiger partial charge in [-0.1, -0.05) is 38.4 Å². The molecule has 1 aromatic carbocycles. The number of benzene rings is 1. The summed E-state index contributed by atoms with van der Waals surface area (Å²) < 4.78 is 37.0. The number of carbonyl (C=O) groups excluding carboxylic acids is 5. The Kier molecular flexibility index (Phi) is 41.7. The summed E-state index contributed by atoms with van der Waals surface area (Å²) in [6.45, 7) is 16.8. The van der Waals surface area contributed by atoms with Gasteiger partial charge in [-0.05, 0) is 75.0 Å². The number of nitrogens with zero attached hydrogens (tertiary/aromatic N) is 3. The second kappa shape index (κ2) is 34.9. The second-order valence-corrected chi connectivity index (χ2v) is 10.5. The van der Waals surface area contributed by atoms with E-state index < -0.39 is 34.0 Å². The molecule has 2 aliphatic heterocycles. The Morgan fingerprint density at radius 1 is 0.774 bits per heavy atom. The van der Waals surface area contributed by atoms with Crippen molar-refractivity contribution in [1.29, 1.82) is 0 Å². The minimum Gasteiger partial charge on any atom is -0.545 e. The van der Waals surface area contributed by atoms with Gasteiger partial charge < -0.3 is 54.1 Å². The van der Waals surface area contributed by atoms with Crippen LogP contribution in [0.2, 0.25) is 0 Å². The van der Waals surface area contributed by atoms with Gasteiger partial charge >= 0.3 is 118 Å². The number of carboxylic acids is 4. The minimum absolute atomic E-state index is 0. The quantitative estimate of drug-likeness (QED) is 0.0943. The van der Waals surface area contributed by atoms with Gasteiger partial charge in [0.15, 0.2) is 10.9 Å². The van der Waals surface area contributed by atoms with Crippen molar-refractivity contribution >= 4 is 62.9 Å². The van der Waals surface area contributed by atoms with Gasteiger partial charge in [-0.2, -0.15) is 8.42 Å². The van der Waals surface area contributed by atoms with Crippen molar-refractivity contribution in [2.45, 2.75) is 20.3 Å². The molecular formula is C31H35N3Na4O13S2. The van der Waals surface area contributed by atoms with Crippen LogP contribution in [0.1, 0.15) is 20.3 Å². The van der Waals surface area contributed by atoms with E-state index in [4.69, 9.17) is 61.1 Å². The Hall–Kier alpha value is -1.59. The van der Waals surface area contributed by atoms with Crippen LogP contribution in [0.25, 0.3) is 0 Å². The molecule has 0 spiro atoms. The number of amides is 1. The Morgan fingerprint density at radius 2 is 1.17 bits per heavy atom. The molecule has 1 fully saturated rings. The SMILES string of the molecule is C=CC(=O)[O-].C=CC(=O)[O-].C=CC(=O)[O-].C=CC(=O)[O-].CCN1C(=O)C(=CC=C2Oc3ccccc3N2CCCS(=O)(=O)O)N(CC)C1=S.[Na+].[Na+].[Na+].[Na+]. The number of ether oxygens (including phenoxy) is 1. The average Bonchev–Trinajstić information content (AvgIpc) is 3.52. The van der Waals surface area contributed by atoms with Crippen LogP contribution in [-0.2, 0) is 34.1 Å². The summed E-state index contributed by atoms with van der Waals surface area (Å²) in [5, 5.41) is 37.0. The van der Waals surface area contributed by atoms with Gasteiger partial charge in [0.1, 0.15) is 5.70 Å². The van der Waals surface area contributed by atoms with E-state index in [0.717, 1.165) is 30.0 Å². The van der Waals surface area contributed by atoms with E-state index in [1.165, 1.54) is 4.90 Å². The molecule has 1 saturated heterocycles. The molecule has 1 amide bonds. The van der Waals surface area contributed by atoms with Gasteiger partial charge in [-0.15, -0.1) is 0 Å². The first-order valence-corrected chi connectivity index (χ1v) is 15.8. The number of allylic oxidation sites excluding steroid dienone is 2. The summed E-state index contributed by atoms with van der Waals surface area (Å²) in [5.74, 6) is -4.32. The number of aliphatic carboxylic acids is 4. The Morgan fingerprint density at radius 3 is 1.53 bits per heavy atom. The number of hydrogen-bond donors (Lipinski definition) is 1. The molecule has 2 heterocycles. The summed E-state index contributed by atoms with van der Waals surface area (Å²) in [6.07, 6.45) is 6.47. The van der Waals surface area contributed by atoms with E-state index in [9.17, 15) is 13.2 Å². The van der Waals surface area contributed by atoms with Crippen LogP contribution in [-0.4, -0.2) is 83.1 Å². The van der Waals surface area contributed by atoms with Crippen LogP contribution in [0.4, 0.5) is 5.69 Å². The number of fused-ring (bicyclic) bond motifs is 1. The molecule has 0 aromatic heterocycles. The van der Waals surface area contributed by atoms with E-state index in [-0.39, 0.29) is 136 Å². The number of likely N-dealkylation sites (N-methyl/N-ethyl adjacent to an activating group) is 2. The molecular weight excluding hydrogens is 778 g/mol. The molecule has 0 radical (unpaired) electrons. The van der Waals surface area contributed by atoms with Crippen molar-refractivity contribution in [2.75, 3.05) is 30.3 Å². The Bertz CT molecular complexity index is 1520. The number of rotatable bonds is 11. The smallest absolute Gasteiger partial charge is 0.545 e. The van der Waals surface area contributed by atoms with E-state index in [1.807, 2.05) is 43.0 Å². The van der Waals surface area contributed by atoms with Crippen molar-refractivity contribution in [3.63, 3.8) is 0 Å². The minimum atomic E-state index is -4.04. The number of carboxylic acid groups (broad SMARTS) is 4. The predicted molar refractivity (Wildman–Crippen MR) is 175 cm³/mol. The van der Waals surface area contributed by atoms with Gasteiger partial charge in [0.2, 0.25) is 5.88 Å². The molecule has 0 aliphatic carbocycles. The summed E-state index contributed by atoms with van der Waals surface area (Å²) in [4.78, 5) is 54.3. The van der Waals surface area contributed by atoms with Crippen molar-refractivity contribution in [2.24, 2.45) is 0 Å². The normalized spacial score (nSPS) is 13.1. The molecule has 0 unspecified atom stereocenters. The summed E-state index contributed by atoms with van der Waals surface area (Å²) >= 11 is 5.38. The maximum Gasteiger partial charge on any atom is 1.00 e. The monoisotopic (exact) mass is 813 g/mol. The molecule has 268 valence electrons. The molecule has 16 nitrogen and oxygen atoms in total. The maximum absolute atomic E-state index is 12.7. The third-order valence-electron chi connectivity index (χ3n) is 5.32. The third-order valence-corrected chi connectivity index (χ3v) is 6.57. The fourth-order valence-electron chi connectivity index (χ4n) is 3.30. The molecule has 0 saturated carbocycles. The van der Waals surface area contributed by atoms with Crippen molar-refractivity contribution in [3.05, 3.63) is 98.6 Å². The predicted octanol–water partition coefficient (Wildman–Crippen LogP) is -13.9. The zero-order valence-electron chi connectivity index (χ0n) is 30.6. The van der Waals surface area contributed by atoms with Crippen LogP contribution in [0.15, 0.2) is 98.6 Å². The van der Waals surface area contributed by atoms with E-state index in [1.54, 1.807) is 17.1 Å². The largest absolute Gasteiger partial charge is 1.00 e. The molecule has 1 N–H and O–H groups in total. The van der Waals surface area contributed by atoms with Gasteiger partial charge in [0, 0.05) is 25.7 Å². The number of carbonyl (C=O) groups is 5. The third kappa shape index (κ3) is 27.6. The topological polar surface area (TPSA) is 251 Å². The summed E-state index contributed by atoms with van der Waals surface area (Å²) in [7, 11) is -4.04. The summed E-state index contributed by atoms with van der Waals surface area (Å²) in [6, 6.07) is 7.37. The fourth-order valence-corrected chi connectivity index (χ4v) is 4.23. The number of thiocarbonyl (C=S) groups is 1. The van der Waals surface area contributed by atoms with Crippen LogP contribution in [0.5, 0.6) is 5.75 Å². The number of anilines is 1. The van der Waals surface area contributed by atoms with Gasteiger partial charge in [0.25, 0.3) is 16.0 Å². The molecule has 0 bridgehead atoms. The van der Waals surface area contributed by atoms with E-state index in [2.05, 4.69) is 26.3 Å². The molecule has 1 aromatic rings. The van der Waals surface area contributed by atoms with Crippen LogP contribution >= 0.6 is 12.2 Å². The van der Waals surface area contributed by atoms with Gasteiger partial charge in [-0.3, -0.25) is 14.2 Å². The van der Waals surface area contributed by atoms with Crippen LogP contribution < -0.4 is 148 Å². The second-order valence-electron chi connectivity index (χ2n) is 8.59. The van der Waals surface area contributed by atoms with E-state index in [0.29, 0.717) is 42.1 Å². The number of hydrogen-bond acceptors (Lipinski definition) is 14. The standard InChI is InChI=1S/C19H23N3O5S2.4C3H4O2.4Na/c1-3-20-15(18(23)21(4-2)19(20)28)10-11-17-22(12-7-13-29(24,25)26)14-8-5-6-9-16(14)27-17;4*1-2-3(4)5;;;;/h5-6,8-11H,3-4,7,12-13H2,1-2H3,(H,24,25,26);4*2H,1H2,(H,4,5);;;;/q;;;;;4*+1/p-4. The van der Waals surface area contributed by atoms with Crippen LogP contribution in [0, 0.1) is 0 Å². The zero-order valence-corrected chi connectivity index (χ0v) is 40.3. The molecule has 53 heavy (non-hydrogen) atoms. The molecule has 3 rings (SSSR count). The summed E-state index contributed by atoms with van der Waals surface area (Å²) in [5.41, 5.74) is 1.26. The maximum atomic E-state index is 12.7. The van der Waals surface area contributed by atoms with Crippen LogP contribution in [0.3, 0.4) is 0 Å². The number of para-hydroxylation sites is 2. The molecule has 0 atom stereocenters. The average molecular weight is 814 g/mol. The Labute approximate surface area is 402 Å². The van der Waals surface area contributed by atoms with Crippen molar-refractivity contribution < 1.29 is 180 Å². The van der Waals surface area contributed by atoms with Crippen molar-refractivity contribution in [1.82, 2.24) is 9.80 Å². The first kappa shape index (κ1) is 63.4.